The molecule has 0 fully saturated rings. The molecule has 7 aromatic carbocycles. The van der Waals surface area contributed by atoms with E-state index in [9.17, 15) is 0 Å². The van der Waals surface area contributed by atoms with E-state index < -0.39 is 0 Å². The van der Waals surface area contributed by atoms with Gasteiger partial charge in [-0.25, -0.2) is 9.97 Å². The summed E-state index contributed by atoms with van der Waals surface area (Å²) in [6.07, 6.45) is 0. The molecule has 0 spiro atoms. The quantitative estimate of drug-likeness (QED) is 0.168. The van der Waals surface area contributed by atoms with Gasteiger partial charge in [-0.15, -0.1) is 0 Å². The average Bonchev–Trinajstić information content (AvgIpc) is 4.07. The maximum absolute atomic E-state index is 5.34. The zero-order valence-electron chi connectivity index (χ0n) is 33.5. The third kappa shape index (κ3) is 5.04. The van der Waals surface area contributed by atoms with E-state index in [1.165, 1.54) is 32.3 Å². The average molecular weight is 793 g/mol. The number of aromatic nitrogens is 6. The lowest BCUT2D eigenvalue weighted by Crippen LogP contribution is -2.06. The highest BCUT2D eigenvalue weighted by atomic mass is 15.2. The standard InChI is InChI=1S/C56H36N6/c1-3-18-37(19-4-1)45-28-16-34-51(57-45)61-49-32-13-9-26-43(49)53-41-24-7-11-30-47(41)59(55(53)61)39-22-15-23-40(36-39)60-48-31-12-8-25-42(48)54-44-27-10-14-33-50(44)62(56(54)60)52-35-17-29-46(58-52)38-20-5-2-6-21-38/h1-36H. The first-order valence-electron chi connectivity index (χ1n) is 21.0. The van der Waals surface area contributed by atoms with Crippen molar-refractivity contribution < 1.29 is 0 Å². The summed E-state index contributed by atoms with van der Waals surface area (Å²) in [5.41, 5.74) is 12.8. The van der Waals surface area contributed by atoms with Crippen molar-refractivity contribution in [1.29, 1.82) is 0 Å². The molecule has 13 aromatic rings. The van der Waals surface area contributed by atoms with Crippen molar-refractivity contribution in [3.8, 4) is 45.5 Å². The summed E-state index contributed by atoms with van der Waals surface area (Å²) in [5, 5.41) is 7.17. The second-order valence-electron chi connectivity index (χ2n) is 15.8. The fraction of sp³-hybridized carbons (Fsp3) is 0. The van der Waals surface area contributed by atoms with Crippen molar-refractivity contribution in [2.24, 2.45) is 0 Å². The van der Waals surface area contributed by atoms with Crippen LogP contribution < -0.4 is 0 Å². The molecular weight excluding hydrogens is 757 g/mol. The highest BCUT2D eigenvalue weighted by Crippen LogP contribution is 2.43. The number of fused-ring (bicyclic) bond motifs is 10. The van der Waals surface area contributed by atoms with Crippen molar-refractivity contribution in [2.45, 2.75) is 0 Å². The van der Waals surface area contributed by atoms with E-state index >= 15 is 0 Å². The number of rotatable bonds is 6. The Labute approximate surface area is 356 Å². The minimum atomic E-state index is 0.866. The van der Waals surface area contributed by atoms with Gasteiger partial charge in [0.1, 0.15) is 22.9 Å². The summed E-state index contributed by atoms with van der Waals surface area (Å²) < 4.78 is 9.54. The number of hydrogen-bond donors (Lipinski definition) is 0. The number of pyridine rings is 2. The van der Waals surface area contributed by atoms with Crippen LogP contribution in [0.5, 0.6) is 0 Å². The molecule has 0 saturated heterocycles. The Morgan fingerprint density at radius 3 is 1.02 bits per heavy atom. The van der Waals surface area contributed by atoms with E-state index in [4.69, 9.17) is 9.97 Å². The summed E-state index contributed by atoms with van der Waals surface area (Å²) in [4.78, 5) is 10.7. The molecule has 0 amide bonds. The Morgan fingerprint density at radius 2 is 0.613 bits per heavy atom. The molecule has 0 saturated carbocycles. The molecule has 0 unspecified atom stereocenters. The third-order valence-corrected chi connectivity index (χ3v) is 12.4. The Balaban J connectivity index is 1.10. The maximum atomic E-state index is 5.34. The van der Waals surface area contributed by atoms with Crippen molar-refractivity contribution >= 4 is 65.7 Å². The van der Waals surface area contributed by atoms with Crippen LogP contribution in [0.3, 0.4) is 0 Å². The molecule has 290 valence electrons. The Kier molecular flexibility index (Phi) is 7.50. The number of hydrogen-bond acceptors (Lipinski definition) is 2. The van der Waals surface area contributed by atoms with Crippen molar-refractivity contribution in [3.05, 3.63) is 218 Å². The molecule has 6 heteroatoms. The van der Waals surface area contributed by atoms with E-state index in [2.05, 4.69) is 225 Å². The zero-order valence-corrected chi connectivity index (χ0v) is 33.5. The molecule has 6 nitrogen and oxygen atoms in total. The Morgan fingerprint density at radius 1 is 0.274 bits per heavy atom. The highest BCUT2D eigenvalue weighted by molar-refractivity contribution is 6.23. The van der Waals surface area contributed by atoms with Gasteiger partial charge in [-0.05, 0) is 66.7 Å². The van der Waals surface area contributed by atoms with Crippen molar-refractivity contribution in [1.82, 2.24) is 28.2 Å². The van der Waals surface area contributed by atoms with Crippen LogP contribution in [0.15, 0.2) is 218 Å². The minimum absolute atomic E-state index is 0.866. The molecule has 0 atom stereocenters. The van der Waals surface area contributed by atoms with Gasteiger partial charge in [0, 0.05) is 54.8 Å². The molecule has 0 N–H and O–H groups in total. The molecule has 13 rings (SSSR count). The van der Waals surface area contributed by atoms with Gasteiger partial charge < -0.3 is 0 Å². The van der Waals surface area contributed by atoms with Gasteiger partial charge in [-0.2, -0.15) is 0 Å². The zero-order chi connectivity index (χ0) is 40.7. The van der Waals surface area contributed by atoms with Crippen LogP contribution in [0.4, 0.5) is 0 Å². The van der Waals surface area contributed by atoms with Crippen LogP contribution in [0.2, 0.25) is 0 Å². The molecule has 0 bridgehead atoms. The van der Waals surface area contributed by atoms with E-state index in [0.717, 1.165) is 78.9 Å². The topological polar surface area (TPSA) is 45.5 Å². The fourth-order valence-electron chi connectivity index (χ4n) is 9.79. The number of benzene rings is 7. The van der Waals surface area contributed by atoms with Crippen molar-refractivity contribution in [3.63, 3.8) is 0 Å². The highest BCUT2D eigenvalue weighted by Gasteiger charge is 2.25. The molecule has 0 aliphatic carbocycles. The fourth-order valence-corrected chi connectivity index (χ4v) is 9.79. The van der Waals surface area contributed by atoms with Crippen LogP contribution >= 0.6 is 0 Å². The second-order valence-corrected chi connectivity index (χ2v) is 15.8. The summed E-state index contributed by atoms with van der Waals surface area (Å²) >= 11 is 0. The van der Waals surface area contributed by atoms with Gasteiger partial charge >= 0.3 is 0 Å². The second kappa shape index (κ2) is 13.5. The Hall–Kier alpha value is -8.48. The van der Waals surface area contributed by atoms with E-state index in [-0.39, 0.29) is 0 Å². The van der Waals surface area contributed by atoms with Crippen LogP contribution in [0.1, 0.15) is 0 Å². The first-order valence-corrected chi connectivity index (χ1v) is 21.0. The SMILES string of the molecule is c1ccc(-c2cccc(-n3c4ccccc4c4c5ccccc5n(-c5cccc(-n6c7ccccc7c7c8ccccc8n(-c8cccc(-c9ccccc9)n8)c76)c5)c43)n2)cc1. The molecule has 0 aliphatic rings. The third-order valence-electron chi connectivity index (χ3n) is 12.4. The van der Waals surface area contributed by atoms with E-state index in [0.29, 0.717) is 0 Å². The lowest BCUT2D eigenvalue weighted by Gasteiger charge is -2.16. The van der Waals surface area contributed by atoms with Crippen LogP contribution in [-0.2, 0) is 0 Å². The van der Waals surface area contributed by atoms with Crippen LogP contribution in [0.25, 0.3) is 111 Å². The molecule has 0 aliphatic heterocycles. The molecule has 6 aromatic heterocycles. The maximum Gasteiger partial charge on any atom is 0.139 e. The number of para-hydroxylation sites is 4. The smallest absolute Gasteiger partial charge is 0.139 e. The number of nitrogens with zero attached hydrogens (tertiary/aromatic N) is 6. The van der Waals surface area contributed by atoms with Crippen molar-refractivity contribution in [2.75, 3.05) is 0 Å². The summed E-state index contributed by atoms with van der Waals surface area (Å²) in [6.45, 7) is 0. The normalized spacial score (nSPS) is 11.9. The van der Waals surface area contributed by atoms with Gasteiger partial charge in [0.15, 0.2) is 0 Å². The summed E-state index contributed by atoms with van der Waals surface area (Å²) in [6, 6.07) is 77.5. The first kappa shape index (κ1) is 34.4. The van der Waals surface area contributed by atoms with E-state index in [1.54, 1.807) is 0 Å². The van der Waals surface area contributed by atoms with Gasteiger partial charge in [0.2, 0.25) is 0 Å². The largest absolute Gasteiger partial charge is 0.295 e. The predicted octanol–water partition coefficient (Wildman–Crippen LogP) is 13.9. The molecule has 62 heavy (non-hydrogen) atoms. The van der Waals surface area contributed by atoms with E-state index in [1.807, 2.05) is 12.1 Å². The Bertz CT molecular complexity index is 3620. The molecule has 6 heterocycles. The van der Waals surface area contributed by atoms with Gasteiger partial charge in [-0.3, -0.25) is 18.3 Å². The lowest BCUT2D eigenvalue weighted by atomic mass is 10.1. The monoisotopic (exact) mass is 792 g/mol. The molecular formula is C56H36N6. The first-order chi connectivity index (χ1) is 30.8. The lowest BCUT2D eigenvalue weighted by molar-refractivity contribution is 1.01. The van der Waals surface area contributed by atoms with Crippen LogP contribution in [-0.4, -0.2) is 28.2 Å². The summed E-state index contributed by atoms with van der Waals surface area (Å²) in [5.74, 6) is 1.73. The summed E-state index contributed by atoms with van der Waals surface area (Å²) in [7, 11) is 0. The van der Waals surface area contributed by atoms with Gasteiger partial charge in [0.25, 0.3) is 0 Å². The minimum Gasteiger partial charge on any atom is -0.295 e. The van der Waals surface area contributed by atoms with Crippen LogP contribution in [0, 0.1) is 0 Å². The molecule has 0 radical (unpaired) electrons. The van der Waals surface area contributed by atoms with Gasteiger partial charge in [-0.1, -0.05) is 152 Å². The van der Waals surface area contributed by atoms with Gasteiger partial charge in [0.05, 0.1) is 33.5 Å². The predicted molar refractivity (Wildman–Crippen MR) is 255 cm³/mol.